The van der Waals surface area contributed by atoms with Crippen LogP contribution in [-0.4, -0.2) is 13.2 Å². The lowest BCUT2D eigenvalue weighted by Gasteiger charge is -2.24. The first-order valence-electron chi connectivity index (χ1n) is 4.43. The van der Waals surface area contributed by atoms with Gasteiger partial charge in [0.15, 0.2) is 0 Å². The van der Waals surface area contributed by atoms with E-state index in [4.69, 9.17) is 10.5 Å². The number of hydrogen-bond acceptors (Lipinski definition) is 2. The Labute approximate surface area is 76.5 Å². The van der Waals surface area contributed by atoms with Gasteiger partial charge in [0, 0.05) is 11.5 Å². The van der Waals surface area contributed by atoms with Crippen LogP contribution in [0.3, 0.4) is 0 Å². The van der Waals surface area contributed by atoms with Gasteiger partial charge in [0.2, 0.25) is 0 Å². The Morgan fingerprint density at radius 1 is 1.54 bits per heavy atom. The van der Waals surface area contributed by atoms with Crippen molar-refractivity contribution in [1.82, 2.24) is 0 Å². The zero-order chi connectivity index (χ0) is 9.26. The molecule has 3 heteroatoms. The van der Waals surface area contributed by atoms with Crippen LogP contribution < -0.4 is 10.5 Å². The Balaban J connectivity index is 2.41. The molecule has 0 saturated heterocycles. The molecule has 2 rings (SSSR count). The smallest absolute Gasteiger partial charge is 0.123 e. The van der Waals surface area contributed by atoms with Crippen LogP contribution in [0, 0.1) is 5.82 Å². The highest BCUT2D eigenvalue weighted by molar-refractivity contribution is 5.38. The Morgan fingerprint density at radius 3 is 3.15 bits per heavy atom. The molecule has 13 heavy (non-hydrogen) atoms. The van der Waals surface area contributed by atoms with Crippen molar-refractivity contribution in [3.63, 3.8) is 0 Å². The van der Waals surface area contributed by atoms with Crippen LogP contribution in [0.2, 0.25) is 0 Å². The second-order valence-corrected chi connectivity index (χ2v) is 3.25. The lowest BCUT2D eigenvalue weighted by molar-refractivity contribution is 0.268. The molecule has 0 fully saturated rings. The third-order valence-corrected chi connectivity index (χ3v) is 2.42. The van der Waals surface area contributed by atoms with Crippen molar-refractivity contribution < 1.29 is 9.13 Å². The molecule has 1 aliphatic rings. The summed E-state index contributed by atoms with van der Waals surface area (Å²) in [6.07, 6.45) is 0.882. The summed E-state index contributed by atoms with van der Waals surface area (Å²) in [5.74, 6) is 0.810. The number of rotatable bonds is 1. The SMILES string of the molecule is NCC1CCOc2ccc(F)cc21. The fourth-order valence-electron chi connectivity index (χ4n) is 1.68. The van der Waals surface area contributed by atoms with E-state index in [2.05, 4.69) is 0 Å². The second kappa shape index (κ2) is 3.34. The molecule has 0 saturated carbocycles. The van der Waals surface area contributed by atoms with Crippen molar-refractivity contribution in [3.8, 4) is 5.75 Å². The Hall–Kier alpha value is -1.09. The molecular formula is C10H12FNO. The first-order valence-corrected chi connectivity index (χ1v) is 4.43. The minimum absolute atomic E-state index is 0.220. The summed E-state index contributed by atoms with van der Waals surface area (Å²) in [7, 11) is 0. The van der Waals surface area contributed by atoms with E-state index in [-0.39, 0.29) is 11.7 Å². The van der Waals surface area contributed by atoms with Crippen molar-refractivity contribution in [3.05, 3.63) is 29.6 Å². The van der Waals surface area contributed by atoms with Gasteiger partial charge in [-0.3, -0.25) is 0 Å². The fraction of sp³-hybridized carbons (Fsp3) is 0.400. The molecule has 2 nitrogen and oxygen atoms in total. The molecule has 0 spiro atoms. The summed E-state index contributed by atoms with van der Waals surface area (Å²) in [6.45, 7) is 1.24. The van der Waals surface area contributed by atoms with Gasteiger partial charge in [-0.1, -0.05) is 0 Å². The van der Waals surface area contributed by atoms with Crippen molar-refractivity contribution in [2.75, 3.05) is 13.2 Å². The maximum atomic E-state index is 12.9. The number of hydrogen-bond donors (Lipinski definition) is 1. The number of halogens is 1. The summed E-state index contributed by atoms with van der Waals surface area (Å²) in [4.78, 5) is 0. The molecule has 1 heterocycles. The van der Waals surface area contributed by atoms with E-state index in [0.29, 0.717) is 13.2 Å². The minimum Gasteiger partial charge on any atom is -0.493 e. The van der Waals surface area contributed by atoms with Crippen LogP contribution >= 0.6 is 0 Å². The number of fused-ring (bicyclic) bond motifs is 1. The van der Waals surface area contributed by atoms with E-state index >= 15 is 0 Å². The Morgan fingerprint density at radius 2 is 2.38 bits per heavy atom. The predicted octanol–water partition coefficient (Wildman–Crippen LogP) is 1.65. The number of nitrogens with two attached hydrogens (primary N) is 1. The third kappa shape index (κ3) is 1.52. The Bertz CT molecular complexity index is 314. The van der Waals surface area contributed by atoms with E-state index in [1.54, 1.807) is 6.07 Å². The van der Waals surface area contributed by atoms with Crippen LogP contribution in [0.25, 0.3) is 0 Å². The van der Waals surface area contributed by atoms with Crippen LogP contribution in [0.15, 0.2) is 18.2 Å². The first kappa shape index (κ1) is 8.51. The molecule has 1 aromatic carbocycles. The summed E-state index contributed by atoms with van der Waals surface area (Å²) in [5.41, 5.74) is 6.50. The molecule has 1 unspecified atom stereocenters. The van der Waals surface area contributed by atoms with Gasteiger partial charge in [-0.2, -0.15) is 0 Å². The van der Waals surface area contributed by atoms with Gasteiger partial charge in [0.25, 0.3) is 0 Å². The fourth-order valence-corrected chi connectivity index (χ4v) is 1.68. The topological polar surface area (TPSA) is 35.2 Å². The van der Waals surface area contributed by atoms with Crippen molar-refractivity contribution >= 4 is 0 Å². The number of ether oxygens (including phenoxy) is 1. The molecule has 0 bridgehead atoms. The van der Waals surface area contributed by atoms with Crippen molar-refractivity contribution in [2.24, 2.45) is 5.73 Å². The van der Waals surface area contributed by atoms with Crippen LogP contribution in [-0.2, 0) is 0 Å². The van der Waals surface area contributed by atoms with Gasteiger partial charge in [-0.05, 0) is 31.2 Å². The highest BCUT2D eigenvalue weighted by Gasteiger charge is 2.20. The quantitative estimate of drug-likeness (QED) is 0.715. The second-order valence-electron chi connectivity index (χ2n) is 3.25. The van der Waals surface area contributed by atoms with Crippen LogP contribution in [0.4, 0.5) is 4.39 Å². The maximum absolute atomic E-state index is 12.9. The van der Waals surface area contributed by atoms with Crippen LogP contribution in [0.5, 0.6) is 5.75 Å². The Kier molecular flexibility index (Phi) is 2.19. The largest absolute Gasteiger partial charge is 0.493 e. The maximum Gasteiger partial charge on any atom is 0.123 e. The molecular weight excluding hydrogens is 169 g/mol. The lowest BCUT2D eigenvalue weighted by atomic mass is 9.93. The van der Waals surface area contributed by atoms with Gasteiger partial charge in [-0.15, -0.1) is 0 Å². The van der Waals surface area contributed by atoms with E-state index in [0.717, 1.165) is 17.7 Å². The minimum atomic E-state index is -0.220. The average molecular weight is 181 g/mol. The molecule has 1 aromatic rings. The molecule has 70 valence electrons. The van der Waals surface area contributed by atoms with Gasteiger partial charge < -0.3 is 10.5 Å². The van der Waals surface area contributed by atoms with Gasteiger partial charge in [0.1, 0.15) is 11.6 Å². The first-order chi connectivity index (χ1) is 6.31. The summed E-state index contributed by atoms with van der Waals surface area (Å²) < 4.78 is 18.3. The zero-order valence-electron chi connectivity index (χ0n) is 7.29. The lowest BCUT2D eigenvalue weighted by Crippen LogP contribution is -2.21. The third-order valence-electron chi connectivity index (χ3n) is 2.42. The highest BCUT2D eigenvalue weighted by Crippen LogP contribution is 2.33. The van der Waals surface area contributed by atoms with Gasteiger partial charge in [0.05, 0.1) is 6.61 Å². The normalized spacial score (nSPS) is 20.6. The zero-order valence-corrected chi connectivity index (χ0v) is 7.29. The molecule has 1 aliphatic heterocycles. The van der Waals surface area contributed by atoms with E-state index in [1.165, 1.54) is 12.1 Å². The van der Waals surface area contributed by atoms with Crippen molar-refractivity contribution in [2.45, 2.75) is 12.3 Å². The molecule has 0 aromatic heterocycles. The van der Waals surface area contributed by atoms with Crippen molar-refractivity contribution in [1.29, 1.82) is 0 Å². The van der Waals surface area contributed by atoms with Gasteiger partial charge in [-0.25, -0.2) is 4.39 Å². The summed E-state index contributed by atoms with van der Waals surface area (Å²) >= 11 is 0. The van der Waals surface area contributed by atoms with E-state index < -0.39 is 0 Å². The molecule has 2 N–H and O–H groups in total. The summed E-state index contributed by atoms with van der Waals surface area (Å²) in [6, 6.07) is 4.61. The van der Waals surface area contributed by atoms with Crippen LogP contribution in [0.1, 0.15) is 17.9 Å². The highest BCUT2D eigenvalue weighted by atomic mass is 19.1. The monoisotopic (exact) mass is 181 g/mol. The molecule has 0 aliphatic carbocycles. The molecule has 0 amide bonds. The molecule has 1 atom stereocenters. The van der Waals surface area contributed by atoms with E-state index in [1.807, 2.05) is 0 Å². The van der Waals surface area contributed by atoms with Gasteiger partial charge >= 0.3 is 0 Å². The summed E-state index contributed by atoms with van der Waals surface area (Å²) in [5, 5.41) is 0. The standard InChI is InChI=1S/C10H12FNO/c11-8-1-2-10-9(5-8)7(6-12)3-4-13-10/h1-2,5,7H,3-4,6,12H2. The number of benzene rings is 1. The predicted molar refractivity (Wildman–Crippen MR) is 48.3 cm³/mol. The molecule has 0 radical (unpaired) electrons. The van der Waals surface area contributed by atoms with E-state index in [9.17, 15) is 4.39 Å². The average Bonchev–Trinajstić information content (AvgIpc) is 2.17.